The van der Waals surface area contributed by atoms with Crippen molar-refractivity contribution in [3.05, 3.63) is 42.0 Å². The Bertz CT molecular complexity index is 1160. The molecule has 1 aliphatic carbocycles. The van der Waals surface area contributed by atoms with Crippen LogP contribution in [0.3, 0.4) is 0 Å². The maximum atomic E-state index is 14.4. The van der Waals surface area contributed by atoms with Gasteiger partial charge in [0, 0.05) is 57.0 Å². The van der Waals surface area contributed by atoms with E-state index in [4.69, 9.17) is 0 Å². The predicted molar refractivity (Wildman–Crippen MR) is 147 cm³/mol. The molecule has 2 N–H and O–H groups in total. The number of carbonyl (C=O) groups excluding carboxylic acids is 3. The van der Waals surface area contributed by atoms with E-state index in [1.54, 1.807) is 19.1 Å². The fourth-order valence-corrected chi connectivity index (χ4v) is 5.39. The number of hydrogen-bond donors (Lipinski definition) is 2. The SMILES string of the molecule is CCC(=O)C(=O)[C@@H](CC(=O)[C@H](Cc1ncn[nH]1)N[C@@H](c1ccc(N2CCN(CC)CC2)cc1)C(F)(F)F)CC1CC1. The van der Waals surface area contributed by atoms with Gasteiger partial charge in [-0.1, -0.05) is 38.8 Å². The highest BCUT2D eigenvalue weighted by molar-refractivity contribution is 6.38. The Hall–Kier alpha value is -3.12. The molecule has 0 amide bonds. The second-order valence-electron chi connectivity index (χ2n) is 11.0. The van der Waals surface area contributed by atoms with Crippen molar-refractivity contribution in [2.24, 2.45) is 11.8 Å². The molecule has 41 heavy (non-hydrogen) atoms. The van der Waals surface area contributed by atoms with E-state index in [2.05, 4.69) is 37.2 Å². The molecule has 3 atom stereocenters. The fraction of sp³-hybridized carbons (Fsp3) is 0.621. The third-order valence-electron chi connectivity index (χ3n) is 8.09. The summed E-state index contributed by atoms with van der Waals surface area (Å²) in [5, 5.41) is 8.90. The number of ketones is 3. The number of rotatable bonds is 15. The molecule has 1 saturated carbocycles. The predicted octanol–water partition coefficient (Wildman–Crippen LogP) is 3.67. The molecule has 0 spiro atoms. The number of anilines is 1. The van der Waals surface area contributed by atoms with Crippen molar-refractivity contribution < 1.29 is 27.6 Å². The second kappa shape index (κ2) is 13.7. The monoisotopic (exact) mass is 576 g/mol. The van der Waals surface area contributed by atoms with E-state index in [9.17, 15) is 27.6 Å². The van der Waals surface area contributed by atoms with E-state index in [1.807, 2.05) is 0 Å². The number of H-pyrrole nitrogens is 1. The number of aromatic nitrogens is 3. The Labute approximate surface area is 238 Å². The molecule has 224 valence electrons. The number of benzene rings is 1. The van der Waals surface area contributed by atoms with E-state index >= 15 is 0 Å². The Kier molecular flexibility index (Phi) is 10.3. The van der Waals surface area contributed by atoms with Crippen LogP contribution >= 0.6 is 0 Å². The minimum absolute atomic E-state index is 0.0180. The van der Waals surface area contributed by atoms with Crippen LogP contribution in [0.15, 0.2) is 30.6 Å². The lowest BCUT2D eigenvalue weighted by molar-refractivity contribution is -0.161. The highest BCUT2D eigenvalue weighted by Gasteiger charge is 2.43. The summed E-state index contributed by atoms with van der Waals surface area (Å²) in [5.41, 5.74) is 0.831. The van der Waals surface area contributed by atoms with Gasteiger partial charge in [0.25, 0.3) is 0 Å². The van der Waals surface area contributed by atoms with Crippen molar-refractivity contribution in [2.75, 3.05) is 37.6 Å². The van der Waals surface area contributed by atoms with Crippen molar-refractivity contribution in [2.45, 2.75) is 70.6 Å². The van der Waals surface area contributed by atoms with Crippen molar-refractivity contribution in [3.63, 3.8) is 0 Å². The number of halogens is 3. The molecule has 2 aromatic rings. The van der Waals surface area contributed by atoms with Crippen LogP contribution in [0.4, 0.5) is 18.9 Å². The Morgan fingerprint density at radius 2 is 1.76 bits per heavy atom. The van der Waals surface area contributed by atoms with E-state index < -0.39 is 41.5 Å². The summed E-state index contributed by atoms with van der Waals surface area (Å²) in [5.74, 6) is -2.08. The number of hydrogen-bond acceptors (Lipinski definition) is 8. The molecule has 1 aromatic heterocycles. The van der Waals surface area contributed by atoms with Gasteiger partial charge in [-0.25, -0.2) is 4.98 Å². The number of likely N-dealkylation sites (N-methyl/N-ethyl adjacent to an activating group) is 1. The molecule has 0 bridgehead atoms. The third-order valence-corrected chi connectivity index (χ3v) is 8.09. The first kappa shape index (κ1) is 30.8. The van der Waals surface area contributed by atoms with Crippen LogP contribution in [0, 0.1) is 11.8 Å². The van der Waals surface area contributed by atoms with Crippen molar-refractivity contribution in [3.8, 4) is 0 Å². The van der Waals surface area contributed by atoms with Gasteiger partial charge in [-0.15, -0.1) is 0 Å². The van der Waals surface area contributed by atoms with E-state index in [1.165, 1.54) is 18.5 Å². The van der Waals surface area contributed by atoms with Gasteiger partial charge in [0.15, 0.2) is 11.6 Å². The molecule has 4 rings (SSSR count). The van der Waals surface area contributed by atoms with Crippen molar-refractivity contribution >= 4 is 23.0 Å². The number of piperazine rings is 1. The van der Waals surface area contributed by atoms with E-state index in [0.29, 0.717) is 6.42 Å². The number of aromatic amines is 1. The molecule has 1 saturated heterocycles. The lowest BCUT2D eigenvalue weighted by Gasteiger charge is -2.35. The van der Waals surface area contributed by atoms with Crippen LogP contribution in [0.25, 0.3) is 0 Å². The first-order valence-electron chi connectivity index (χ1n) is 14.4. The third kappa shape index (κ3) is 8.45. The zero-order chi connectivity index (χ0) is 29.6. The molecule has 9 nitrogen and oxygen atoms in total. The highest BCUT2D eigenvalue weighted by atomic mass is 19.4. The van der Waals surface area contributed by atoms with Crippen LogP contribution in [0.2, 0.25) is 0 Å². The average Bonchev–Trinajstić information content (AvgIpc) is 3.64. The fourth-order valence-electron chi connectivity index (χ4n) is 5.39. The highest BCUT2D eigenvalue weighted by Crippen LogP contribution is 2.38. The van der Waals surface area contributed by atoms with Gasteiger partial charge in [-0.3, -0.25) is 24.8 Å². The van der Waals surface area contributed by atoms with Crippen LogP contribution in [-0.2, 0) is 20.8 Å². The summed E-state index contributed by atoms with van der Waals surface area (Å²) < 4.78 is 43.3. The van der Waals surface area contributed by atoms with E-state index in [0.717, 1.165) is 51.3 Å². The molecule has 0 unspecified atom stereocenters. The molecule has 1 aliphatic heterocycles. The van der Waals surface area contributed by atoms with Gasteiger partial charge in [-0.2, -0.15) is 18.3 Å². The maximum absolute atomic E-state index is 14.4. The zero-order valence-electron chi connectivity index (χ0n) is 23.6. The van der Waals surface area contributed by atoms with Gasteiger partial charge in [-0.05, 0) is 36.6 Å². The molecule has 1 aromatic carbocycles. The largest absolute Gasteiger partial charge is 0.407 e. The molecular weight excluding hydrogens is 537 g/mol. The number of nitrogens with zero attached hydrogens (tertiary/aromatic N) is 4. The van der Waals surface area contributed by atoms with E-state index in [-0.39, 0.29) is 36.6 Å². The number of nitrogens with one attached hydrogen (secondary N) is 2. The summed E-state index contributed by atoms with van der Waals surface area (Å²) in [6, 6.07) is 2.84. The van der Waals surface area contributed by atoms with Gasteiger partial charge in [0.05, 0.1) is 6.04 Å². The Morgan fingerprint density at radius 3 is 2.29 bits per heavy atom. The number of Topliss-reactive ketones (excluding diaryl/α,β-unsaturated/α-hetero) is 3. The Morgan fingerprint density at radius 1 is 1.07 bits per heavy atom. The molecule has 2 aliphatic rings. The summed E-state index contributed by atoms with van der Waals surface area (Å²) in [4.78, 5) is 47.0. The van der Waals surface area contributed by atoms with Crippen LogP contribution < -0.4 is 10.2 Å². The second-order valence-corrected chi connectivity index (χ2v) is 11.0. The average molecular weight is 577 g/mol. The normalized spacial score (nSPS) is 18.6. The zero-order valence-corrected chi connectivity index (χ0v) is 23.6. The van der Waals surface area contributed by atoms with Gasteiger partial charge in [0.2, 0.25) is 5.78 Å². The summed E-state index contributed by atoms with van der Waals surface area (Å²) in [6.07, 6.45) is -1.71. The molecule has 2 fully saturated rings. The molecule has 0 radical (unpaired) electrons. The summed E-state index contributed by atoms with van der Waals surface area (Å²) in [6.45, 7) is 8.02. The lowest BCUT2D eigenvalue weighted by atomic mass is 9.86. The molecule has 2 heterocycles. The van der Waals surface area contributed by atoms with Gasteiger partial charge >= 0.3 is 6.18 Å². The molecular formula is C29H39F3N6O3. The van der Waals surface area contributed by atoms with Crippen LogP contribution in [0.1, 0.15) is 63.4 Å². The summed E-state index contributed by atoms with van der Waals surface area (Å²) >= 11 is 0. The number of carbonyl (C=O) groups is 3. The minimum atomic E-state index is -4.70. The quantitative estimate of drug-likeness (QED) is 0.309. The smallest absolute Gasteiger partial charge is 0.369 e. The maximum Gasteiger partial charge on any atom is 0.407 e. The minimum Gasteiger partial charge on any atom is -0.369 e. The van der Waals surface area contributed by atoms with Gasteiger partial charge in [0.1, 0.15) is 18.2 Å². The van der Waals surface area contributed by atoms with Crippen molar-refractivity contribution in [1.82, 2.24) is 25.4 Å². The summed E-state index contributed by atoms with van der Waals surface area (Å²) in [7, 11) is 0. The first-order valence-corrected chi connectivity index (χ1v) is 14.4. The van der Waals surface area contributed by atoms with Gasteiger partial charge < -0.3 is 9.80 Å². The standard InChI is InChI=1S/C29H39F3N6O3/c1-3-24(39)27(41)21(15-19-5-6-19)16-25(40)23(17-26-33-18-34-36-26)35-28(29(30,31)32)20-7-9-22(10-8-20)38-13-11-37(4-2)12-14-38/h7-10,18-19,21,23,28,35H,3-6,11-17H2,1-2H3,(H,33,34,36)/t21-,23+,28+/m1/s1. The first-order chi connectivity index (χ1) is 19.6. The lowest BCUT2D eigenvalue weighted by Crippen LogP contribution is -2.47. The topological polar surface area (TPSA) is 111 Å². The number of alkyl halides is 3. The van der Waals surface area contributed by atoms with Crippen LogP contribution in [0.5, 0.6) is 0 Å². The van der Waals surface area contributed by atoms with Crippen LogP contribution in [-0.4, -0.2) is 82.4 Å². The molecule has 12 heteroatoms. The Balaban J connectivity index is 1.53. The van der Waals surface area contributed by atoms with Crippen molar-refractivity contribution in [1.29, 1.82) is 0 Å².